The summed E-state index contributed by atoms with van der Waals surface area (Å²) in [5.41, 5.74) is 0. The molecule has 6 nitrogen and oxygen atoms in total. The lowest BCUT2D eigenvalue weighted by atomic mass is 10.0. The van der Waals surface area contributed by atoms with Crippen LogP contribution in [-0.4, -0.2) is 47.4 Å². The molecule has 0 aliphatic carbocycles. The van der Waals surface area contributed by atoms with E-state index in [4.69, 9.17) is 4.74 Å². The highest BCUT2D eigenvalue weighted by atomic mass is 16.5. The third-order valence-corrected chi connectivity index (χ3v) is 15.1. The monoisotopic (exact) mass is 1030 g/mol. The lowest BCUT2D eigenvalue weighted by molar-refractivity contribution is -0.143. The van der Waals surface area contributed by atoms with Crippen molar-refractivity contribution >= 4 is 11.9 Å². The van der Waals surface area contributed by atoms with E-state index in [1.54, 1.807) is 6.08 Å². The summed E-state index contributed by atoms with van der Waals surface area (Å²) in [4.78, 5) is 24.5. The molecule has 430 valence electrons. The maximum atomic E-state index is 12.4. The predicted octanol–water partition coefficient (Wildman–Crippen LogP) is 20.8. The van der Waals surface area contributed by atoms with Gasteiger partial charge in [0.15, 0.2) is 0 Å². The summed E-state index contributed by atoms with van der Waals surface area (Å²) in [6, 6.07) is -0.626. The zero-order valence-corrected chi connectivity index (χ0v) is 49.1. The molecule has 0 rings (SSSR count). The molecule has 0 aromatic carbocycles. The molecule has 3 N–H and O–H groups in total. The third-order valence-electron chi connectivity index (χ3n) is 15.1. The van der Waals surface area contributed by atoms with Crippen molar-refractivity contribution in [3.8, 4) is 0 Å². The minimum atomic E-state index is -0.843. The van der Waals surface area contributed by atoms with Crippen LogP contribution in [0.15, 0.2) is 36.5 Å². The third kappa shape index (κ3) is 59.2. The minimum absolute atomic E-state index is 0.0122. The molecule has 0 fully saturated rings. The molecule has 2 atom stereocenters. The number of nitrogens with one attached hydrogen (secondary N) is 1. The van der Waals surface area contributed by atoms with Crippen LogP contribution in [0.4, 0.5) is 0 Å². The molecule has 6 heteroatoms. The summed E-state index contributed by atoms with van der Waals surface area (Å²) in [5, 5.41) is 23.0. The van der Waals surface area contributed by atoms with E-state index in [-0.39, 0.29) is 18.5 Å². The van der Waals surface area contributed by atoms with Crippen LogP contribution in [0.1, 0.15) is 354 Å². The van der Waals surface area contributed by atoms with E-state index in [1.165, 1.54) is 283 Å². The second kappa shape index (κ2) is 62.6. The quantitative estimate of drug-likeness (QED) is 0.0320. The van der Waals surface area contributed by atoms with Crippen molar-refractivity contribution in [1.82, 2.24) is 5.32 Å². The molecule has 0 aliphatic heterocycles. The Bertz CT molecular complexity index is 1180. The van der Waals surface area contributed by atoms with Gasteiger partial charge in [-0.3, -0.25) is 9.59 Å². The van der Waals surface area contributed by atoms with Gasteiger partial charge in [0.2, 0.25) is 5.91 Å². The van der Waals surface area contributed by atoms with Gasteiger partial charge in [0, 0.05) is 12.8 Å². The zero-order chi connectivity index (χ0) is 52.9. The topological polar surface area (TPSA) is 95.9 Å². The van der Waals surface area contributed by atoms with E-state index in [1.807, 2.05) is 6.08 Å². The number of ether oxygens (including phenoxy) is 1. The SMILES string of the molecule is CCCCCCCC/C=C\CCCCCCCCCC(=O)OCCCCCCCCCCCCCC/C=C\CCCCCCCCCCCCCCC(=O)NC(CO)C(O)/C=C/CCCCCCCCCCC. The maximum Gasteiger partial charge on any atom is 0.305 e. The van der Waals surface area contributed by atoms with Crippen LogP contribution in [-0.2, 0) is 14.3 Å². The highest BCUT2D eigenvalue weighted by Crippen LogP contribution is 2.17. The average Bonchev–Trinajstić information content (AvgIpc) is 3.39. The largest absolute Gasteiger partial charge is 0.466 e. The van der Waals surface area contributed by atoms with Crippen molar-refractivity contribution in [2.24, 2.45) is 0 Å². The molecular weight excluding hydrogens is 899 g/mol. The van der Waals surface area contributed by atoms with E-state index >= 15 is 0 Å². The number of aliphatic hydroxyl groups excluding tert-OH is 2. The number of carbonyl (C=O) groups is 2. The standard InChI is InChI=1S/C67H127NO5/c1-3-5-7-9-11-13-15-16-17-30-34-37-41-45-49-53-57-61-67(72)73-62-58-54-50-46-42-38-35-32-29-27-25-23-21-19-18-20-22-24-26-28-31-33-36-40-44-48-52-56-60-66(71)68-64(63-69)65(70)59-55-51-47-43-39-14-12-10-8-6-4-2/h16-19,55,59,64-65,69-70H,3-15,20-54,56-58,60-63H2,1-2H3,(H,68,71)/b17-16-,19-18-,59-55+. The number of amides is 1. The van der Waals surface area contributed by atoms with E-state index < -0.39 is 12.1 Å². The fraction of sp³-hybridized carbons (Fsp3) is 0.881. The summed E-state index contributed by atoms with van der Waals surface area (Å²) in [5.74, 6) is -0.0562. The van der Waals surface area contributed by atoms with Gasteiger partial charge < -0.3 is 20.3 Å². The van der Waals surface area contributed by atoms with Gasteiger partial charge >= 0.3 is 5.97 Å². The average molecular weight is 1030 g/mol. The molecule has 1 amide bonds. The molecule has 0 heterocycles. The number of allylic oxidation sites excluding steroid dienone is 5. The first-order valence-electron chi connectivity index (χ1n) is 32.8. The molecule has 0 aromatic heterocycles. The Balaban J connectivity index is 3.36. The second-order valence-corrected chi connectivity index (χ2v) is 22.4. The summed E-state index contributed by atoms with van der Waals surface area (Å²) in [7, 11) is 0. The maximum absolute atomic E-state index is 12.4. The van der Waals surface area contributed by atoms with Crippen LogP contribution in [0.3, 0.4) is 0 Å². The minimum Gasteiger partial charge on any atom is -0.466 e. The Morgan fingerprint density at radius 3 is 0.973 bits per heavy atom. The Morgan fingerprint density at radius 2 is 0.644 bits per heavy atom. The van der Waals surface area contributed by atoms with Gasteiger partial charge in [-0.1, -0.05) is 294 Å². The first kappa shape index (κ1) is 71.1. The fourth-order valence-corrected chi connectivity index (χ4v) is 10.1. The summed E-state index contributed by atoms with van der Waals surface area (Å²) >= 11 is 0. The Labute approximate surface area is 455 Å². The Morgan fingerprint density at radius 1 is 0.370 bits per heavy atom. The van der Waals surface area contributed by atoms with Crippen LogP contribution in [0.25, 0.3) is 0 Å². The molecule has 0 saturated heterocycles. The summed E-state index contributed by atoms with van der Waals surface area (Å²) in [6.07, 6.45) is 79.2. The molecule has 0 spiro atoms. The number of unbranched alkanes of at least 4 members (excludes halogenated alkanes) is 46. The molecule has 0 saturated carbocycles. The van der Waals surface area contributed by atoms with Crippen molar-refractivity contribution in [3.63, 3.8) is 0 Å². The lowest BCUT2D eigenvalue weighted by Crippen LogP contribution is -2.45. The Kier molecular flexibility index (Phi) is 61.0. The number of hydrogen-bond acceptors (Lipinski definition) is 5. The number of aliphatic hydroxyl groups is 2. The zero-order valence-electron chi connectivity index (χ0n) is 49.1. The van der Waals surface area contributed by atoms with Crippen LogP contribution in [0.5, 0.6) is 0 Å². The van der Waals surface area contributed by atoms with Crippen LogP contribution < -0.4 is 5.32 Å². The molecule has 2 unspecified atom stereocenters. The first-order chi connectivity index (χ1) is 36.0. The second-order valence-electron chi connectivity index (χ2n) is 22.4. The number of esters is 1. The molecular formula is C67H127NO5. The van der Waals surface area contributed by atoms with Gasteiger partial charge in [-0.25, -0.2) is 0 Å². The van der Waals surface area contributed by atoms with Crippen molar-refractivity contribution in [1.29, 1.82) is 0 Å². The van der Waals surface area contributed by atoms with Crippen LogP contribution in [0, 0.1) is 0 Å². The van der Waals surface area contributed by atoms with E-state index in [0.29, 0.717) is 19.4 Å². The van der Waals surface area contributed by atoms with Crippen LogP contribution >= 0.6 is 0 Å². The van der Waals surface area contributed by atoms with Gasteiger partial charge in [0.25, 0.3) is 0 Å². The molecule has 0 bridgehead atoms. The molecule has 73 heavy (non-hydrogen) atoms. The fourth-order valence-electron chi connectivity index (χ4n) is 10.1. The molecule has 0 aliphatic rings. The number of hydrogen-bond donors (Lipinski definition) is 3. The van der Waals surface area contributed by atoms with E-state index in [2.05, 4.69) is 43.5 Å². The number of carbonyl (C=O) groups excluding carboxylic acids is 2. The van der Waals surface area contributed by atoms with Gasteiger partial charge in [-0.15, -0.1) is 0 Å². The lowest BCUT2D eigenvalue weighted by Gasteiger charge is -2.20. The van der Waals surface area contributed by atoms with Gasteiger partial charge in [0.05, 0.1) is 25.4 Å². The predicted molar refractivity (Wildman–Crippen MR) is 319 cm³/mol. The van der Waals surface area contributed by atoms with Gasteiger partial charge in [0.1, 0.15) is 0 Å². The summed E-state index contributed by atoms with van der Waals surface area (Å²) in [6.45, 7) is 4.90. The Hall–Kier alpha value is -1.92. The highest BCUT2D eigenvalue weighted by Gasteiger charge is 2.18. The van der Waals surface area contributed by atoms with Crippen molar-refractivity contribution in [2.75, 3.05) is 13.2 Å². The van der Waals surface area contributed by atoms with Crippen molar-refractivity contribution in [2.45, 2.75) is 366 Å². The summed E-state index contributed by atoms with van der Waals surface area (Å²) < 4.78 is 5.50. The van der Waals surface area contributed by atoms with Crippen molar-refractivity contribution in [3.05, 3.63) is 36.5 Å². The smallest absolute Gasteiger partial charge is 0.305 e. The van der Waals surface area contributed by atoms with Gasteiger partial charge in [-0.2, -0.15) is 0 Å². The van der Waals surface area contributed by atoms with Crippen molar-refractivity contribution < 1.29 is 24.5 Å². The van der Waals surface area contributed by atoms with E-state index in [0.717, 1.165) is 44.9 Å². The number of rotatable bonds is 61. The first-order valence-corrected chi connectivity index (χ1v) is 32.8. The molecule has 0 radical (unpaired) electrons. The van der Waals surface area contributed by atoms with Gasteiger partial charge in [-0.05, 0) is 83.5 Å². The highest BCUT2D eigenvalue weighted by molar-refractivity contribution is 5.76. The molecule has 0 aromatic rings. The van der Waals surface area contributed by atoms with E-state index in [9.17, 15) is 19.8 Å². The van der Waals surface area contributed by atoms with Crippen LogP contribution in [0.2, 0.25) is 0 Å². The normalized spacial score (nSPS) is 12.8.